The van der Waals surface area contributed by atoms with Crippen molar-refractivity contribution in [1.82, 2.24) is 4.90 Å². The zero-order valence-electron chi connectivity index (χ0n) is 17.4. The maximum atomic E-state index is 13.0. The minimum absolute atomic E-state index is 0.00221. The van der Waals surface area contributed by atoms with Gasteiger partial charge in [-0.1, -0.05) is 12.1 Å². The highest BCUT2D eigenvalue weighted by molar-refractivity contribution is 6.46. The van der Waals surface area contributed by atoms with Crippen molar-refractivity contribution in [2.24, 2.45) is 0 Å². The lowest BCUT2D eigenvalue weighted by Crippen LogP contribution is -2.32. The van der Waals surface area contributed by atoms with Gasteiger partial charge in [0.25, 0.3) is 11.7 Å². The fourth-order valence-corrected chi connectivity index (χ4v) is 4.00. The van der Waals surface area contributed by atoms with E-state index in [1.807, 2.05) is 11.9 Å². The second kappa shape index (κ2) is 8.31. The lowest BCUT2D eigenvalue weighted by atomic mass is 9.95. The van der Waals surface area contributed by atoms with Crippen LogP contribution in [0.5, 0.6) is 11.5 Å². The molecule has 0 aromatic heterocycles. The van der Waals surface area contributed by atoms with E-state index in [2.05, 4.69) is 0 Å². The predicted octanol–water partition coefficient (Wildman–Crippen LogP) is 2.29. The molecule has 2 aliphatic heterocycles. The quantitative estimate of drug-likeness (QED) is 0.432. The fraction of sp³-hybridized carbons (Fsp3) is 0.304. The van der Waals surface area contributed by atoms with Crippen LogP contribution >= 0.6 is 0 Å². The number of rotatable bonds is 5. The molecule has 8 heteroatoms. The summed E-state index contributed by atoms with van der Waals surface area (Å²) < 4.78 is 10.7. The number of hydrogen-bond donors (Lipinski definition) is 2. The van der Waals surface area contributed by atoms with Crippen molar-refractivity contribution in [2.75, 3.05) is 45.4 Å². The van der Waals surface area contributed by atoms with Crippen molar-refractivity contribution in [2.45, 2.75) is 6.04 Å². The van der Waals surface area contributed by atoms with Gasteiger partial charge in [0.1, 0.15) is 23.9 Å². The molecule has 0 bridgehead atoms. The van der Waals surface area contributed by atoms with Gasteiger partial charge in [-0.2, -0.15) is 0 Å². The van der Waals surface area contributed by atoms with Crippen LogP contribution in [0.1, 0.15) is 17.2 Å². The van der Waals surface area contributed by atoms with Gasteiger partial charge in [-0.3, -0.25) is 9.59 Å². The number of amides is 1. The molecule has 4 rings (SSSR count). The minimum atomic E-state index is -0.840. The fourth-order valence-electron chi connectivity index (χ4n) is 4.00. The van der Waals surface area contributed by atoms with Gasteiger partial charge in [0.05, 0.1) is 30.5 Å². The van der Waals surface area contributed by atoms with E-state index in [-0.39, 0.29) is 30.2 Å². The molecular weight excluding hydrogens is 400 g/mol. The van der Waals surface area contributed by atoms with Gasteiger partial charge in [-0.15, -0.1) is 0 Å². The highest BCUT2D eigenvalue weighted by atomic mass is 16.5. The zero-order chi connectivity index (χ0) is 22.1. The summed E-state index contributed by atoms with van der Waals surface area (Å²) in [5.41, 5.74) is 1.70. The number of fused-ring (bicyclic) bond motifs is 1. The first kappa shape index (κ1) is 20.7. The Hall–Kier alpha value is -3.52. The maximum Gasteiger partial charge on any atom is 0.295 e. The Morgan fingerprint density at radius 1 is 1.23 bits per heavy atom. The van der Waals surface area contributed by atoms with E-state index in [0.717, 1.165) is 5.69 Å². The van der Waals surface area contributed by atoms with Crippen LogP contribution in [0.4, 0.5) is 5.69 Å². The first-order valence-corrected chi connectivity index (χ1v) is 9.97. The third-order valence-electron chi connectivity index (χ3n) is 5.59. The van der Waals surface area contributed by atoms with Crippen molar-refractivity contribution in [3.8, 4) is 11.5 Å². The van der Waals surface area contributed by atoms with E-state index in [9.17, 15) is 19.8 Å². The number of carbonyl (C=O) groups excluding carboxylic acids is 2. The van der Waals surface area contributed by atoms with Crippen LogP contribution < -0.4 is 9.64 Å². The molecule has 162 valence electrons. The number of hydrogen-bond acceptors (Lipinski definition) is 7. The molecule has 1 unspecified atom stereocenters. The molecule has 2 aliphatic rings. The zero-order valence-corrected chi connectivity index (χ0v) is 17.4. The van der Waals surface area contributed by atoms with E-state index in [1.165, 1.54) is 24.1 Å². The standard InChI is InChI=1S/C23H24N2O6/c1-24-8-11-31-18-7-6-15(13-17(18)24)21(27)19-20(14-4-3-5-16(26)12-14)25(9-10-30-2)23(29)22(19)28/h3-7,12-13,20,26-27H,8-11H2,1-2H3/b21-19-. The molecular formula is C23H24N2O6. The summed E-state index contributed by atoms with van der Waals surface area (Å²) in [6, 6.07) is 10.6. The summed E-state index contributed by atoms with van der Waals surface area (Å²) in [4.78, 5) is 29.1. The Morgan fingerprint density at radius 2 is 2.03 bits per heavy atom. The van der Waals surface area contributed by atoms with E-state index in [0.29, 0.717) is 30.0 Å². The number of likely N-dealkylation sites (N-methyl/N-ethyl adjacent to an activating group) is 1. The van der Waals surface area contributed by atoms with Gasteiger partial charge in [0.15, 0.2) is 0 Å². The lowest BCUT2D eigenvalue weighted by molar-refractivity contribution is -0.140. The number of aromatic hydroxyl groups is 1. The van der Waals surface area contributed by atoms with E-state index < -0.39 is 17.7 Å². The number of aliphatic hydroxyl groups is 1. The highest BCUT2D eigenvalue weighted by Crippen LogP contribution is 2.41. The highest BCUT2D eigenvalue weighted by Gasteiger charge is 2.46. The summed E-state index contributed by atoms with van der Waals surface area (Å²) in [6.45, 7) is 1.65. The van der Waals surface area contributed by atoms with Crippen LogP contribution in [0.3, 0.4) is 0 Å². The molecule has 0 spiro atoms. The molecule has 2 aromatic rings. The Balaban J connectivity index is 1.85. The number of phenolic OH excluding ortho intramolecular Hbond substituents is 1. The average Bonchev–Trinajstić information content (AvgIpc) is 3.02. The van der Waals surface area contributed by atoms with Gasteiger partial charge in [0, 0.05) is 26.3 Å². The number of aliphatic hydroxyl groups excluding tert-OH is 1. The van der Waals surface area contributed by atoms with Gasteiger partial charge < -0.3 is 29.5 Å². The van der Waals surface area contributed by atoms with Gasteiger partial charge >= 0.3 is 0 Å². The number of Topliss-reactive ketones (excluding diaryl/α,β-unsaturated/α-hetero) is 1. The third kappa shape index (κ3) is 3.70. The molecule has 2 N–H and O–H groups in total. The molecule has 8 nitrogen and oxygen atoms in total. The number of ketones is 1. The largest absolute Gasteiger partial charge is 0.508 e. The lowest BCUT2D eigenvalue weighted by Gasteiger charge is -2.28. The summed E-state index contributed by atoms with van der Waals surface area (Å²) in [5, 5.41) is 21.1. The second-order valence-electron chi connectivity index (χ2n) is 7.53. The van der Waals surface area contributed by atoms with E-state index in [1.54, 1.807) is 30.3 Å². The number of anilines is 1. The monoisotopic (exact) mass is 424 g/mol. The molecule has 2 heterocycles. The first-order chi connectivity index (χ1) is 14.9. The smallest absolute Gasteiger partial charge is 0.295 e. The van der Waals surface area contributed by atoms with Crippen LogP contribution in [0.2, 0.25) is 0 Å². The van der Waals surface area contributed by atoms with Crippen LogP contribution in [-0.2, 0) is 14.3 Å². The Bertz CT molecular complexity index is 1060. The molecule has 31 heavy (non-hydrogen) atoms. The molecule has 1 atom stereocenters. The van der Waals surface area contributed by atoms with Gasteiger partial charge in [0.2, 0.25) is 0 Å². The molecule has 1 amide bonds. The molecule has 2 aromatic carbocycles. The maximum absolute atomic E-state index is 13.0. The van der Waals surface area contributed by atoms with Crippen molar-refractivity contribution in [3.05, 3.63) is 59.2 Å². The summed E-state index contributed by atoms with van der Waals surface area (Å²) in [6.07, 6.45) is 0. The van der Waals surface area contributed by atoms with Crippen LogP contribution in [-0.4, -0.2) is 67.3 Å². The summed E-state index contributed by atoms with van der Waals surface area (Å²) >= 11 is 0. The average molecular weight is 424 g/mol. The van der Waals surface area contributed by atoms with E-state index in [4.69, 9.17) is 9.47 Å². The third-order valence-corrected chi connectivity index (χ3v) is 5.59. The number of ether oxygens (including phenoxy) is 2. The van der Waals surface area contributed by atoms with Crippen molar-refractivity contribution in [1.29, 1.82) is 0 Å². The Labute approximate surface area is 179 Å². The van der Waals surface area contributed by atoms with Crippen LogP contribution in [0, 0.1) is 0 Å². The number of likely N-dealkylation sites (tertiary alicyclic amines) is 1. The molecule has 1 saturated heterocycles. The number of carbonyl (C=O) groups is 2. The molecule has 0 saturated carbocycles. The SMILES string of the molecule is COCCN1C(=O)C(=O)/C(=C(\O)c2ccc3c(c2)N(C)CCO3)C1c1cccc(O)c1. The topological polar surface area (TPSA) is 99.5 Å². The molecule has 1 fully saturated rings. The first-order valence-electron chi connectivity index (χ1n) is 9.97. The number of benzene rings is 2. The van der Waals surface area contributed by atoms with Crippen molar-refractivity contribution in [3.63, 3.8) is 0 Å². The van der Waals surface area contributed by atoms with Crippen molar-refractivity contribution < 1.29 is 29.3 Å². The predicted molar refractivity (Wildman–Crippen MR) is 114 cm³/mol. The van der Waals surface area contributed by atoms with Crippen LogP contribution in [0.15, 0.2) is 48.0 Å². The summed E-state index contributed by atoms with van der Waals surface area (Å²) in [5.74, 6) is -1.07. The number of methoxy groups -OCH3 is 1. The van der Waals surface area contributed by atoms with Gasteiger partial charge in [-0.25, -0.2) is 0 Å². The Kier molecular flexibility index (Phi) is 5.56. The molecule has 0 radical (unpaired) electrons. The normalized spacial score (nSPS) is 20.0. The second-order valence-corrected chi connectivity index (χ2v) is 7.53. The van der Waals surface area contributed by atoms with Gasteiger partial charge in [-0.05, 0) is 35.9 Å². The van der Waals surface area contributed by atoms with Crippen LogP contribution in [0.25, 0.3) is 5.76 Å². The van der Waals surface area contributed by atoms with Crippen molar-refractivity contribution >= 4 is 23.1 Å². The summed E-state index contributed by atoms with van der Waals surface area (Å²) in [7, 11) is 3.42. The minimum Gasteiger partial charge on any atom is -0.508 e. The number of phenols is 1. The molecule has 0 aliphatic carbocycles. The van der Waals surface area contributed by atoms with E-state index >= 15 is 0 Å². The Morgan fingerprint density at radius 3 is 2.77 bits per heavy atom. The number of nitrogens with zero attached hydrogens (tertiary/aromatic N) is 2.